The highest BCUT2D eigenvalue weighted by molar-refractivity contribution is 7.91. The van der Waals surface area contributed by atoms with Gasteiger partial charge in [0, 0.05) is 5.56 Å². The number of alkyl halides is 2. The average molecular weight is 339 g/mol. The molecule has 0 atom stereocenters. The van der Waals surface area contributed by atoms with Crippen molar-refractivity contribution in [2.45, 2.75) is 24.5 Å². The van der Waals surface area contributed by atoms with E-state index in [2.05, 4.69) is 5.32 Å². The van der Waals surface area contributed by atoms with Crippen molar-refractivity contribution in [1.29, 1.82) is 0 Å². The molecule has 0 heterocycles. The van der Waals surface area contributed by atoms with Gasteiger partial charge in [-0.3, -0.25) is 4.79 Å². The lowest BCUT2D eigenvalue weighted by molar-refractivity contribution is 0.102. The number of anilines is 1. The van der Waals surface area contributed by atoms with Gasteiger partial charge in [-0.05, 0) is 37.6 Å². The minimum atomic E-state index is -4.80. The maximum absolute atomic E-state index is 12.7. The van der Waals surface area contributed by atoms with E-state index in [4.69, 9.17) is 0 Å². The van der Waals surface area contributed by atoms with Gasteiger partial charge in [0.25, 0.3) is 5.91 Å². The summed E-state index contributed by atoms with van der Waals surface area (Å²) in [4.78, 5) is 11.7. The molecule has 0 aliphatic carbocycles. The Morgan fingerprint density at radius 2 is 1.74 bits per heavy atom. The van der Waals surface area contributed by atoms with Crippen molar-refractivity contribution >= 4 is 21.4 Å². The molecular weight excluding hydrogens is 324 g/mol. The van der Waals surface area contributed by atoms with Crippen molar-refractivity contribution in [2.24, 2.45) is 0 Å². The molecule has 7 heteroatoms. The maximum Gasteiger partial charge on any atom is 0.341 e. The van der Waals surface area contributed by atoms with Gasteiger partial charge in [-0.2, -0.15) is 8.78 Å². The van der Waals surface area contributed by atoms with Crippen molar-refractivity contribution in [2.75, 3.05) is 5.32 Å². The first kappa shape index (κ1) is 17.1. The number of carbonyl (C=O) groups excluding carboxylic acids is 1. The molecule has 1 amide bonds. The van der Waals surface area contributed by atoms with Gasteiger partial charge < -0.3 is 5.32 Å². The summed E-state index contributed by atoms with van der Waals surface area (Å²) in [6.45, 7) is 3.61. The number of para-hydroxylation sites is 1. The lowest BCUT2D eigenvalue weighted by atomic mass is 10.1. The number of sulfone groups is 1. The van der Waals surface area contributed by atoms with E-state index in [0.717, 1.165) is 11.6 Å². The van der Waals surface area contributed by atoms with Crippen molar-refractivity contribution in [3.8, 4) is 0 Å². The number of halogens is 2. The zero-order valence-electron chi connectivity index (χ0n) is 12.5. The van der Waals surface area contributed by atoms with Gasteiger partial charge in [0.2, 0.25) is 9.84 Å². The zero-order chi connectivity index (χ0) is 17.2. The van der Waals surface area contributed by atoms with Crippen molar-refractivity contribution in [3.63, 3.8) is 0 Å². The quantitative estimate of drug-likeness (QED) is 0.926. The second-order valence-electron chi connectivity index (χ2n) is 5.07. The predicted octanol–water partition coefficient (Wildman–Crippen LogP) is 3.55. The van der Waals surface area contributed by atoms with Gasteiger partial charge in [-0.15, -0.1) is 0 Å². The molecule has 0 unspecified atom stereocenters. The fourth-order valence-corrected chi connectivity index (χ4v) is 3.06. The lowest BCUT2D eigenvalue weighted by Crippen LogP contribution is -2.18. The highest BCUT2D eigenvalue weighted by Crippen LogP contribution is 2.26. The van der Waals surface area contributed by atoms with E-state index in [0.29, 0.717) is 11.1 Å². The predicted molar refractivity (Wildman–Crippen MR) is 83.5 cm³/mol. The highest BCUT2D eigenvalue weighted by atomic mass is 32.2. The molecule has 0 fully saturated rings. The SMILES string of the molecule is Cc1ccc(C(=O)Nc2ccccc2S(=O)(=O)C(F)F)c(C)c1. The summed E-state index contributed by atoms with van der Waals surface area (Å²) in [6, 6.07) is 10.2. The Labute approximate surface area is 133 Å². The van der Waals surface area contributed by atoms with E-state index in [9.17, 15) is 22.0 Å². The molecule has 2 aromatic carbocycles. The third kappa shape index (κ3) is 3.56. The first-order valence-corrected chi connectivity index (χ1v) is 8.28. The van der Waals surface area contributed by atoms with E-state index in [1.165, 1.54) is 18.2 Å². The Balaban J connectivity index is 2.40. The van der Waals surface area contributed by atoms with E-state index in [1.807, 2.05) is 6.92 Å². The van der Waals surface area contributed by atoms with Gasteiger partial charge in [0.05, 0.1) is 10.6 Å². The molecule has 2 rings (SSSR count). The van der Waals surface area contributed by atoms with Crippen LogP contribution in [0.5, 0.6) is 0 Å². The number of rotatable bonds is 4. The number of amides is 1. The molecule has 23 heavy (non-hydrogen) atoms. The number of nitrogens with one attached hydrogen (secondary N) is 1. The number of hydrogen-bond acceptors (Lipinski definition) is 3. The average Bonchev–Trinajstić information content (AvgIpc) is 2.47. The third-order valence-electron chi connectivity index (χ3n) is 3.30. The van der Waals surface area contributed by atoms with Gasteiger partial charge in [-0.1, -0.05) is 29.8 Å². The monoisotopic (exact) mass is 339 g/mol. The first-order valence-electron chi connectivity index (χ1n) is 6.73. The van der Waals surface area contributed by atoms with Crippen LogP contribution in [0.3, 0.4) is 0 Å². The molecule has 122 valence electrons. The Bertz CT molecular complexity index is 848. The van der Waals surface area contributed by atoms with Crippen molar-refractivity contribution in [3.05, 3.63) is 59.2 Å². The zero-order valence-corrected chi connectivity index (χ0v) is 13.3. The van der Waals surface area contributed by atoms with Gasteiger partial charge in [0.15, 0.2) is 0 Å². The fraction of sp³-hybridized carbons (Fsp3) is 0.188. The highest BCUT2D eigenvalue weighted by Gasteiger charge is 2.29. The van der Waals surface area contributed by atoms with Crippen LogP contribution >= 0.6 is 0 Å². The molecule has 4 nitrogen and oxygen atoms in total. The number of carbonyl (C=O) groups is 1. The number of benzene rings is 2. The van der Waals surface area contributed by atoms with Crippen LogP contribution in [0, 0.1) is 13.8 Å². The standard InChI is InChI=1S/C16H15F2NO3S/c1-10-7-8-12(11(2)9-10)15(20)19-13-5-3-4-6-14(13)23(21,22)16(17)18/h3-9,16H,1-2H3,(H,19,20). The van der Waals surface area contributed by atoms with E-state index in [-0.39, 0.29) is 5.69 Å². The summed E-state index contributed by atoms with van der Waals surface area (Å²) in [5, 5.41) is 2.40. The summed E-state index contributed by atoms with van der Waals surface area (Å²) in [5.74, 6) is -4.11. The topological polar surface area (TPSA) is 63.2 Å². The molecule has 0 saturated carbocycles. The van der Waals surface area contributed by atoms with E-state index >= 15 is 0 Å². The van der Waals surface area contributed by atoms with Gasteiger partial charge in [-0.25, -0.2) is 8.42 Å². The molecule has 1 N–H and O–H groups in total. The van der Waals surface area contributed by atoms with Crippen LogP contribution in [0.4, 0.5) is 14.5 Å². The minimum absolute atomic E-state index is 0.169. The molecular formula is C16H15F2NO3S. The van der Waals surface area contributed by atoms with Crippen LogP contribution in [0.1, 0.15) is 21.5 Å². The second kappa shape index (κ2) is 6.45. The van der Waals surface area contributed by atoms with Crippen molar-refractivity contribution in [1.82, 2.24) is 0 Å². The largest absolute Gasteiger partial charge is 0.341 e. The van der Waals surface area contributed by atoms with E-state index in [1.54, 1.807) is 25.1 Å². The van der Waals surface area contributed by atoms with Gasteiger partial charge in [0.1, 0.15) is 0 Å². The minimum Gasteiger partial charge on any atom is -0.321 e. The third-order valence-corrected chi connectivity index (χ3v) is 4.74. The van der Waals surface area contributed by atoms with Crippen molar-refractivity contribution < 1.29 is 22.0 Å². The molecule has 2 aromatic rings. The lowest BCUT2D eigenvalue weighted by Gasteiger charge is -2.12. The summed E-state index contributed by atoms with van der Waals surface area (Å²) in [7, 11) is -4.80. The first-order chi connectivity index (χ1) is 10.7. The Morgan fingerprint density at radius 3 is 2.35 bits per heavy atom. The molecule has 0 aliphatic heterocycles. The maximum atomic E-state index is 12.7. The van der Waals surface area contributed by atoms with Crippen LogP contribution in [0.15, 0.2) is 47.4 Å². The van der Waals surface area contributed by atoms with Crippen LogP contribution in [0.2, 0.25) is 0 Å². The Kier molecular flexibility index (Phi) is 4.79. The Hall–Kier alpha value is -2.28. The van der Waals surface area contributed by atoms with Crippen LogP contribution in [-0.4, -0.2) is 20.1 Å². The van der Waals surface area contributed by atoms with Gasteiger partial charge >= 0.3 is 5.76 Å². The molecule has 0 aromatic heterocycles. The van der Waals surface area contributed by atoms with Crippen LogP contribution in [0.25, 0.3) is 0 Å². The molecule has 0 aliphatic rings. The summed E-state index contributed by atoms with van der Waals surface area (Å²) in [6.07, 6.45) is 0. The molecule has 0 spiro atoms. The number of hydrogen-bond donors (Lipinski definition) is 1. The summed E-state index contributed by atoms with van der Waals surface area (Å²) < 4.78 is 48.9. The second-order valence-corrected chi connectivity index (χ2v) is 6.96. The summed E-state index contributed by atoms with van der Waals surface area (Å²) >= 11 is 0. The fourth-order valence-electron chi connectivity index (χ4n) is 2.17. The normalized spacial score (nSPS) is 11.5. The van der Waals surface area contributed by atoms with Crippen LogP contribution < -0.4 is 5.32 Å². The number of aryl methyl sites for hydroxylation is 2. The van der Waals surface area contributed by atoms with Crippen LogP contribution in [-0.2, 0) is 9.84 Å². The molecule has 0 bridgehead atoms. The molecule has 0 saturated heterocycles. The molecule has 0 radical (unpaired) electrons. The summed E-state index contributed by atoms with van der Waals surface area (Å²) in [5.41, 5.74) is 1.86. The Morgan fingerprint density at radius 1 is 1.09 bits per heavy atom. The van der Waals surface area contributed by atoms with E-state index < -0.39 is 26.4 Å². The smallest absolute Gasteiger partial charge is 0.321 e.